The number of amides is 1. The molecule has 2 unspecified atom stereocenters. The lowest BCUT2D eigenvalue weighted by molar-refractivity contribution is -0.117. The highest BCUT2D eigenvalue weighted by molar-refractivity contribution is 6.32. The number of allylic oxidation sites excluding steroid dienone is 1. The summed E-state index contributed by atoms with van der Waals surface area (Å²) < 4.78 is 0. The molecule has 0 aromatic rings. The van der Waals surface area contributed by atoms with Crippen molar-refractivity contribution in [1.82, 2.24) is 0 Å². The lowest BCUT2D eigenvalue weighted by Gasteiger charge is -2.27. The lowest BCUT2D eigenvalue weighted by atomic mass is 9.81. The Hall–Kier alpha value is -0.500. The summed E-state index contributed by atoms with van der Waals surface area (Å²) in [5.74, 6) is -0.00457. The quantitative estimate of drug-likeness (QED) is 0.571. The number of alkyl halides is 1. The fraction of sp³-hybridized carbons (Fsp3) is 0.727. The largest absolute Gasteiger partial charge is 0.368 e. The summed E-state index contributed by atoms with van der Waals surface area (Å²) >= 11 is 6.03. The summed E-state index contributed by atoms with van der Waals surface area (Å²) in [6.07, 6.45) is 4.38. The molecule has 0 aliphatic heterocycles. The number of primary amides is 1. The molecule has 1 aliphatic carbocycles. The topological polar surface area (TPSA) is 43.1 Å². The van der Waals surface area contributed by atoms with Crippen molar-refractivity contribution >= 4 is 17.5 Å². The molecule has 14 heavy (non-hydrogen) atoms. The number of carbonyl (C=O) groups is 1. The molecule has 2 atom stereocenters. The van der Waals surface area contributed by atoms with Crippen molar-refractivity contribution in [2.75, 3.05) is 0 Å². The number of nitrogens with two attached hydrogens (primary N) is 1. The van der Waals surface area contributed by atoms with E-state index in [-0.39, 0.29) is 0 Å². The average Bonchev–Trinajstić information content (AvgIpc) is 2.16. The lowest BCUT2D eigenvalue weighted by Crippen LogP contribution is -2.30. The number of rotatable bonds is 3. The minimum atomic E-state index is -0.597. The van der Waals surface area contributed by atoms with Crippen LogP contribution in [0.4, 0.5) is 0 Å². The van der Waals surface area contributed by atoms with Crippen LogP contribution in [0.1, 0.15) is 39.5 Å². The van der Waals surface area contributed by atoms with Crippen LogP contribution in [0.15, 0.2) is 11.1 Å². The fourth-order valence-electron chi connectivity index (χ4n) is 2.23. The van der Waals surface area contributed by atoms with Crippen LogP contribution >= 0.6 is 11.6 Å². The molecule has 1 amide bonds. The predicted molar refractivity (Wildman–Crippen MR) is 59.2 cm³/mol. The third-order valence-electron chi connectivity index (χ3n) is 3.00. The van der Waals surface area contributed by atoms with Gasteiger partial charge in [0.2, 0.25) is 5.91 Å². The van der Waals surface area contributed by atoms with E-state index < -0.39 is 11.3 Å². The van der Waals surface area contributed by atoms with Crippen LogP contribution in [-0.4, -0.2) is 11.3 Å². The molecule has 0 spiro atoms. The van der Waals surface area contributed by atoms with Crippen LogP contribution in [0.5, 0.6) is 0 Å². The van der Waals surface area contributed by atoms with E-state index in [1.54, 1.807) is 0 Å². The van der Waals surface area contributed by atoms with E-state index in [4.69, 9.17) is 17.3 Å². The van der Waals surface area contributed by atoms with Gasteiger partial charge in [-0.2, -0.15) is 0 Å². The molecule has 0 fully saturated rings. The van der Waals surface area contributed by atoms with Crippen LogP contribution in [0.3, 0.4) is 0 Å². The summed E-state index contributed by atoms with van der Waals surface area (Å²) in [5, 5.41) is -0.597. The molecule has 2 nitrogen and oxygen atoms in total. The maximum Gasteiger partial charge on any atom is 0.239 e. The second-order valence-electron chi connectivity index (χ2n) is 3.97. The Morgan fingerprint density at radius 2 is 2.36 bits per heavy atom. The van der Waals surface area contributed by atoms with Crippen LogP contribution in [0.25, 0.3) is 0 Å². The van der Waals surface area contributed by atoms with E-state index in [9.17, 15) is 4.79 Å². The minimum absolute atomic E-state index is 0.411. The van der Waals surface area contributed by atoms with Crippen LogP contribution in [-0.2, 0) is 4.79 Å². The van der Waals surface area contributed by atoms with E-state index in [2.05, 4.69) is 13.8 Å². The molecule has 1 rings (SSSR count). The van der Waals surface area contributed by atoms with Crippen LogP contribution in [0, 0.1) is 5.92 Å². The second-order valence-corrected chi connectivity index (χ2v) is 4.41. The first-order valence-electron chi connectivity index (χ1n) is 5.23. The van der Waals surface area contributed by atoms with Gasteiger partial charge in [0, 0.05) is 0 Å². The van der Waals surface area contributed by atoms with Crippen molar-refractivity contribution in [2.24, 2.45) is 11.7 Å². The Morgan fingerprint density at radius 3 is 2.86 bits per heavy atom. The molecule has 0 aromatic heterocycles. The summed E-state index contributed by atoms with van der Waals surface area (Å²) in [5.41, 5.74) is 7.67. The Balaban J connectivity index is 2.97. The molecule has 1 aliphatic rings. The van der Waals surface area contributed by atoms with Gasteiger partial charge in [0.1, 0.15) is 5.38 Å². The number of halogens is 1. The molecule has 2 N–H and O–H groups in total. The van der Waals surface area contributed by atoms with Crippen molar-refractivity contribution < 1.29 is 4.79 Å². The van der Waals surface area contributed by atoms with Crippen molar-refractivity contribution in [3.05, 3.63) is 11.1 Å². The van der Waals surface area contributed by atoms with Gasteiger partial charge in [-0.25, -0.2) is 0 Å². The molecule has 0 saturated carbocycles. The van der Waals surface area contributed by atoms with E-state index in [1.807, 2.05) is 0 Å². The Labute approximate surface area is 90.5 Å². The zero-order valence-corrected chi connectivity index (χ0v) is 9.60. The van der Waals surface area contributed by atoms with Crippen molar-refractivity contribution in [2.45, 2.75) is 44.9 Å². The van der Waals surface area contributed by atoms with Gasteiger partial charge in [-0.1, -0.05) is 19.4 Å². The number of hydrogen-bond donors (Lipinski definition) is 1. The molecule has 0 bridgehead atoms. The highest BCUT2D eigenvalue weighted by atomic mass is 35.5. The van der Waals surface area contributed by atoms with Crippen molar-refractivity contribution in [3.8, 4) is 0 Å². The third-order valence-corrected chi connectivity index (χ3v) is 3.45. The van der Waals surface area contributed by atoms with Gasteiger partial charge in [-0.3, -0.25) is 4.79 Å². The van der Waals surface area contributed by atoms with Crippen molar-refractivity contribution in [1.29, 1.82) is 0 Å². The average molecular weight is 216 g/mol. The fourth-order valence-corrected chi connectivity index (χ4v) is 2.60. The molecule has 0 radical (unpaired) electrons. The van der Waals surface area contributed by atoms with Gasteiger partial charge in [0.05, 0.1) is 0 Å². The summed E-state index contributed by atoms with van der Waals surface area (Å²) in [7, 11) is 0. The van der Waals surface area contributed by atoms with Gasteiger partial charge < -0.3 is 5.73 Å². The maximum atomic E-state index is 11.1. The standard InChI is InChI=1S/C11H18ClNO/c1-3-8-6-4-5-7(2)9(8)10(12)11(13)14/h7,10H,3-6H2,1-2H3,(H2,13,14). The van der Waals surface area contributed by atoms with Crippen LogP contribution < -0.4 is 5.73 Å². The van der Waals surface area contributed by atoms with Gasteiger partial charge >= 0.3 is 0 Å². The molecule has 0 aromatic carbocycles. The van der Waals surface area contributed by atoms with Crippen LogP contribution in [0.2, 0.25) is 0 Å². The molecular weight excluding hydrogens is 198 g/mol. The normalized spacial score (nSPS) is 24.9. The first-order valence-corrected chi connectivity index (χ1v) is 5.66. The van der Waals surface area contributed by atoms with Gasteiger partial charge in [-0.15, -0.1) is 11.6 Å². The Bertz CT molecular complexity index is 260. The highest BCUT2D eigenvalue weighted by Gasteiger charge is 2.27. The molecule has 0 heterocycles. The monoisotopic (exact) mass is 215 g/mol. The first kappa shape index (κ1) is 11.6. The van der Waals surface area contributed by atoms with E-state index in [0.29, 0.717) is 5.92 Å². The maximum absolute atomic E-state index is 11.1. The Kier molecular flexibility index (Phi) is 3.99. The number of carbonyl (C=O) groups excluding carboxylic acids is 1. The minimum Gasteiger partial charge on any atom is -0.368 e. The van der Waals surface area contributed by atoms with Gasteiger partial charge in [-0.05, 0) is 37.2 Å². The van der Waals surface area contributed by atoms with Crippen molar-refractivity contribution in [3.63, 3.8) is 0 Å². The SMILES string of the molecule is CCC1=C(C(Cl)C(N)=O)C(C)CCC1. The predicted octanol–water partition coefficient (Wildman–Crippen LogP) is 2.61. The third kappa shape index (κ3) is 2.30. The summed E-state index contributed by atoms with van der Waals surface area (Å²) in [6.45, 7) is 4.24. The zero-order chi connectivity index (χ0) is 10.7. The zero-order valence-electron chi connectivity index (χ0n) is 8.85. The van der Waals surface area contributed by atoms with E-state index >= 15 is 0 Å². The molecule has 3 heteroatoms. The summed E-state index contributed by atoms with van der Waals surface area (Å²) in [4.78, 5) is 11.1. The Morgan fingerprint density at radius 1 is 1.71 bits per heavy atom. The van der Waals surface area contributed by atoms with E-state index in [1.165, 1.54) is 12.0 Å². The van der Waals surface area contributed by atoms with Gasteiger partial charge in [0.25, 0.3) is 0 Å². The summed E-state index contributed by atoms with van der Waals surface area (Å²) in [6, 6.07) is 0. The molecule has 80 valence electrons. The molecular formula is C11H18ClNO. The second kappa shape index (κ2) is 4.83. The van der Waals surface area contributed by atoms with E-state index in [0.717, 1.165) is 24.8 Å². The van der Waals surface area contributed by atoms with Gasteiger partial charge in [0.15, 0.2) is 0 Å². The highest BCUT2D eigenvalue weighted by Crippen LogP contribution is 2.35. The molecule has 0 saturated heterocycles. The smallest absolute Gasteiger partial charge is 0.239 e. The number of hydrogen-bond acceptors (Lipinski definition) is 1. The first-order chi connectivity index (χ1) is 6.57.